The zero-order valence-corrected chi connectivity index (χ0v) is 28.1. The fraction of sp³-hybridized carbons (Fsp3) is 0.471. The Kier molecular flexibility index (Phi) is 7.91. The summed E-state index contributed by atoms with van der Waals surface area (Å²) in [6, 6.07) is 9.18. The predicted molar refractivity (Wildman–Crippen MR) is 178 cm³/mol. The first-order valence-electron chi connectivity index (χ1n) is 15.8. The Balaban J connectivity index is 1.30. The number of halogens is 2. The quantitative estimate of drug-likeness (QED) is 0.251. The molecule has 3 fully saturated rings. The molecule has 12 heteroatoms. The van der Waals surface area contributed by atoms with Gasteiger partial charge in [-0.05, 0) is 87.4 Å². The largest absolute Gasteiger partial charge is 0.507 e. The number of amides is 1. The van der Waals surface area contributed by atoms with Crippen LogP contribution in [0.1, 0.15) is 46.5 Å². The van der Waals surface area contributed by atoms with Gasteiger partial charge in [-0.25, -0.2) is 9.18 Å². The van der Waals surface area contributed by atoms with Crippen LogP contribution < -0.4 is 9.64 Å². The number of aromatic hydroxyl groups is 1. The minimum absolute atomic E-state index is 0.0126. The van der Waals surface area contributed by atoms with Crippen molar-refractivity contribution in [2.45, 2.75) is 70.2 Å². The lowest BCUT2D eigenvalue weighted by molar-refractivity contribution is 0.0122. The number of phenols is 1. The Morgan fingerprint density at radius 2 is 1.80 bits per heavy atom. The number of phenolic OH excluding ortho intramolecular Hbond substituents is 1. The predicted octanol–water partition coefficient (Wildman–Crippen LogP) is 6.51. The van der Waals surface area contributed by atoms with Crippen molar-refractivity contribution in [1.82, 2.24) is 24.8 Å². The van der Waals surface area contributed by atoms with Crippen molar-refractivity contribution in [3.63, 3.8) is 0 Å². The Hall–Kier alpha value is -3.77. The van der Waals surface area contributed by atoms with Crippen molar-refractivity contribution >= 4 is 49.5 Å². The highest BCUT2D eigenvalue weighted by molar-refractivity contribution is 9.10. The molecule has 10 nitrogen and oxygen atoms in total. The normalized spacial score (nSPS) is 21.8. The van der Waals surface area contributed by atoms with Gasteiger partial charge in [0.1, 0.15) is 35.0 Å². The van der Waals surface area contributed by atoms with Crippen molar-refractivity contribution in [3.8, 4) is 23.0 Å². The Bertz CT molecular complexity index is 1820. The number of piperazine rings is 1. The van der Waals surface area contributed by atoms with Crippen molar-refractivity contribution in [1.29, 1.82) is 0 Å². The summed E-state index contributed by atoms with van der Waals surface area (Å²) in [4.78, 5) is 33.4. The molecule has 2 aromatic carbocycles. The SMILES string of the molecule is CN1CCC[C@H]1COc1nc(N2C[C@H]3CC[C@@H](C2)N3C(=O)OC(C)(C)C)c2cnc(-c3cc(O)c(Br)c4ccccc34)c(F)c2n1. The monoisotopic (exact) mass is 692 g/mol. The summed E-state index contributed by atoms with van der Waals surface area (Å²) in [5.74, 6) is -0.102. The van der Waals surface area contributed by atoms with E-state index in [0.717, 1.165) is 43.0 Å². The molecule has 3 saturated heterocycles. The zero-order valence-electron chi connectivity index (χ0n) is 26.5. The van der Waals surface area contributed by atoms with Crippen LogP contribution in [0.25, 0.3) is 32.9 Å². The first-order chi connectivity index (χ1) is 22.0. The van der Waals surface area contributed by atoms with Gasteiger partial charge < -0.3 is 24.4 Å². The summed E-state index contributed by atoms with van der Waals surface area (Å²) in [6.07, 6.45) is 5.09. The molecule has 0 saturated carbocycles. The molecule has 0 radical (unpaired) electrons. The number of ether oxygens (including phenoxy) is 2. The van der Waals surface area contributed by atoms with E-state index in [1.54, 1.807) is 6.20 Å². The van der Waals surface area contributed by atoms with Crippen LogP contribution in [-0.2, 0) is 4.74 Å². The molecule has 242 valence electrons. The standard InChI is InChI=1S/C34H38BrFN6O4/c1-34(2,3)46-33(44)42-19-11-12-20(42)17-41(16-19)31-25-15-37-29(24-14-26(43)27(35)23-10-6-5-9-22(23)24)28(36)30(25)38-32(39-31)45-18-21-8-7-13-40(21)4/h5-6,9-10,14-15,19-21,43H,7-8,11-13,16-18H2,1-4H3/t19-,20+,21-/m0/s1. The third-order valence-corrected chi connectivity index (χ3v) is 10.2. The molecular formula is C34H38BrFN6O4. The third-order valence-electron chi connectivity index (χ3n) is 9.32. The highest BCUT2D eigenvalue weighted by Gasteiger charge is 2.45. The van der Waals surface area contributed by atoms with Crippen LogP contribution in [0.15, 0.2) is 41.0 Å². The van der Waals surface area contributed by atoms with Crippen LogP contribution in [0.2, 0.25) is 0 Å². The van der Waals surface area contributed by atoms with Crippen LogP contribution in [0.4, 0.5) is 15.0 Å². The second-order valence-electron chi connectivity index (χ2n) is 13.6. The highest BCUT2D eigenvalue weighted by Crippen LogP contribution is 2.42. The molecule has 1 N–H and O–H groups in total. The Morgan fingerprint density at radius 3 is 2.48 bits per heavy atom. The lowest BCUT2D eigenvalue weighted by Crippen LogP contribution is -2.57. The zero-order chi connectivity index (χ0) is 32.3. The Labute approximate surface area is 275 Å². The molecule has 0 spiro atoms. The number of carbonyl (C=O) groups excluding carboxylic acids is 1. The van der Waals surface area contributed by atoms with Gasteiger partial charge in [-0.15, -0.1) is 0 Å². The van der Waals surface area contributed by atoms with E-state index in [1.807, 2.05) is 49.9 Å². The van der Waals surface area contributed by atoms with E-state index in [-0.39, 0.29) is 47.2 Å². The van der Waals surface area contributed by atoms with Crippen molar-refractivity contribution < 1.29 is 23.8 Å². The molecule has 3 atom stereocenters. The number of pyridine rings is 1. The second-order valence-corrected chi connectivity index (χ2v) is 14.4. The van der Waals surface area contributed by atoms with E-state index >= 15 is 4.39 Å². The smallest absolute Gasteiger partial charge is 0.410 e. The van der Waals surface area contributed by atoms with E-state index in [2.05, 4.69) is 42.7 Å². The van der Waals surface area contributed by atoms with Gasteiger partial charge in [0.05, 0.1) is 21.9 Å². The van der Waals surface area contributed by atoms with Crippen LogP contribution in [0.3, 0.4) is 0 Å². The number of fused-ring (bicyclic) bond motifs is 4. The lowest BCUT2D eigenvalue weighted by atomic mass is 10.00. The van der Waals surface area contributed by atoms with Gasteiger partial charge in [0, 0.05) is 36.3 Å². The highest BCUT2D eigenvalue weighted by atomic mass is 79.9. The van der Waals surface area contributed by atoms with Gasteiger partial charge in [0.2, 0.25) is 0 Å². The molecule has 0 aliphatic carbocycles. The molecule has 2 bridgehead atoms. The average molecular weight is 694 g/mol. The van der Waals surface area contributed by atoms with Gasteiger partial charge in [-0.3, -0.25) is 9.88 Å². The van der Waals surface area contributed by atoms with E-state index in [1.165, 1.54) is 6.07 Å². The maximum Gasteiger partial charge on any atom is 0.410 e. The first-order valence-corrected chi connectivity index (χ1v) is 16.6. The lowest BCUT2D eigenvalue weighted by Gasteiger charge is -2.42. The fourth-order valence-electron chi connectivity index (χ4n) is 7.09. The van der Waals surface area contributed by atoms with Gasteiger partial charge in [0.25, 0.3) is 0 Å². The van der Waals surface area contributed by atoms with Crippen LogP contribution >= 0.6 is 15.9 Å². The van der Waals surface area contributed by atoms with E-state index < -0.39 is 11.4 Å². The molecule has 46 heavy (non-hydrogen) atoms. The summed E-state index contributed by atoms with van der Waals surface area (Å²) < 4.78 is 29.2. The summed E-state index contributed by atoms with van der Waals surface area (Å²) in [7, 11) is 2.07. The first kappa shape index (κ1) is 30.9. The summed E-state index contributed by atoms with van der Waals surface area (Å²) in [6.45, 7) is 8.03. The van der Waals surface area contributed by atoms with Gasteiger partial charge in [0.15, 0.2) is 5.82 Å². The minimum Gasteiger partial charge on any atom is -0.507 e. The molecular weight excluding hydrogens is 655 g/mol. The number of aromatic nitrogens is 3. The molecule has 4 aromatic rings. The molecule has 3 aliphatic rings. The molecule has 5 heterocycles. The topological polar surface area (TPSA) is 104 Å². The molecule has 3 aliphatic heterocycles. The number of nitrogens with zero attached hydrogens (tertiary/aromatic N) is 6. The number of likely N-dealkylation sites (tertiary alicyclic amines) is 1. The average Bonchev–Trinajstić information content (AvgIpc) is 3.55. The molecule has 1 amide bonds. The number of carbonyl (C=O) groups is 1. The minimum atomic E-state index is -0.619. The van der Waals surface area contributed by atoms with Crippen LogP contribution in [0, 0.1) is 5.82 Å². The molecule has 2 aromatic heterocycles. The second kappa shape index (κ2) is 11.8. The Morgan fingerprint density at radius 1 is 1.09 bits per heavy atom. The maximum absolute atomic E-state index is 16.7. The number of likely N-dealkylation sites (N-methyl/N-ethyl adjacent to an activating group) is 1. The number of benzene rings is 2. The molecule has 7 rings (SSSR count). The maximum atomic E-state index is 16.7. The summed E-state index contributed by atoms with van der Waals surface area (Å²) >= 11 is 3.46. The van der Waals surface area contributed by atoms with Gasteiger partial charge in [-0.1, -0.05) is 24.3 Å². The number of hydrogen-bond acceptors (Lipinski definition) is 9. The van der Waals surface area contributed by atoms with Crippen LogP contribution in [0.5, 0.6) is 11.8 Å². The van der Waals surface area contributed by atoms with Crippen molar-refractivity contribution in [3.05, 3.63) is 46.8 Å². The summed E-state index contributed by atoms with van der Waals surface area (Å²) in [5, 5.41) is 12.6. The molecule has 0 unspecified atom stereocenters. The van der Waals surface area contributed by atoms with Crippen molar-refractivity contribution in [2.24, 2.45) is 0 Å². The third kappa shape index (κ3) is 5.59. The van der Waals surface area contributed by atoms with Crippen molar-refractivity contribution in [2.75, 3.05) is 38.2 Å². The number of rotatable bonds is 5. The fourth-order valence-corrected chi connectivity index (χ4v) is 7.55. The van der Waals surface area contributed by atoms with Crippen LogP contribution in [-0.4, -0.2) is 93.0 Å². The van der Waals surface area contributed by atoms with Gasteiger partial charge >= 0.3 is 12.1 Å². The van der Waals surface area contributed by atoms with E-state index in [4.69, 9.17) is 14.5 Å². The number of anilines is 1. The summed E-state index contributed by atoms with van der Waals surface area (Å²) in [5.41, 5.74) is 0.0362. The van der Waals surface area contributed by atoms with Gasteiger partial charge in [-0.2, -0.15) is 9.97 Å². The number of hydrogen-bond donors (Lipinski definition) is 1. The van der Waals surface area contributed by atoms with E-state index in [9.17, 15) is 9.90 Å². The van der Waals surface area contributed by atoms with E-state index in [0.29, 0.717) is 40.9 Å².